The van der Waals surface area contributed by atoms with Crippen molar-refractivity contribution in [3.63, 3.8) is 0 Å². The zero-order valence-electron chi connectivity index (χ0n) is 9.82. The van der Waals surface area contributed by atoms with Gasteiger partial charge in [0.25, 0.3) is 0 Å². The highest BCUT2D eigenvalue weighted by Gasteiger charge is 2.04. The minimum absolute atomic E-state index is 0.232. The molecule has 0 aliphatic heterocycles. The fourth-order valence-corrected chi connectivity index (χ4v) is 1.76. The second kappa shape index (κ2) is 4.41. The SMILES string of the molecule is O=C(O)c1cccc(Nc2ccn3nccc3n2)c1. The van der Waals surface area contributed by atoms with Gasteiger partial charge in [-0.15, -0.1) is 0 Å². The molecule has 19 heavy (non-hydrogen) atoms. The lowest BCUT2D eigenvalue weighted by Crippen LogP contribution is -1.99. The number of nitrogens with one attached hydrogen (secondary N) is 1. The van der Waals surface area contributed by atoms with Crippen LogP contribution in [0.1, 0.15) is 10.4 Å². The quantitative estimate of drug-likeness (QED) is 0.748. The van der Waals surface area contributed by atoms with E-state index in [0.717, 1.165) is 5.65 Å². The Balaban J connectivity index is 1.91. The summed E-state index contributed by atoms with van der Waals surface area (Å²) in [7, 11) is 0. The van der Waals surface area contributed by atoms with E-state index in [1.807, 2.05) is 0 Å². The van der Waals surface area contributed by atoms with Gasteiger partial charge in [0.15, 0.2) is 5.65 Å². The van der Waals surface area contributed by atoms with Crippen LogP contribution in [0, 0.1) is 0 Å². The first-order valence-corrected chi connectivity index (χ1v) is 5.63. The monoisotopic (exact) mass is 254 g/mol. The van der Waals surface area contributed by atoms with Crippen LogP contribution >= 0.6 is 0 Å². The predicted octanol–water partition coefficient (Wildman–Crippen LogP) is 2.17. The van der Waals surface area contributed by atoms with Crippen molar-refractivity contribution in [2.45, 2.75) is 0 Å². The minimum atomic E-state index is -0.956. The van der Waals surface area contributed by atoms with E-state index in [2.05, 4.69) is 15.4 Å². The third-order valence-corrected chi connectivity index (χ3v) is 2.64. The van der Waals surface area contributed by atoms with Crippen molar-refractivity contribution in [3.8, 4) is 0 Å². The van der Waals surface area contributed by atoms with Crippen molar-refractivity contribution in [1.29, 1.82) is 0 Å². The number of nitrogens with zero attached hydrogens (tertiary/aromatic N) is 3. The second-order valence-corrected chi connectivity index (χ2v) is 3.96. The molecule has 0 spiro atoms. The van der Waals surface area contributed by atoms with Gasteiger partial charge in [0, 0.05) is 18.0 Å². The number of carbonyl (C=O) groups is 1. The molecule has 0 saturated carbocycles. The largest absolute Gasteiger partial charge is 0.478 e. The van der Waals surface area contributed by atoms with Gasteiger partial charge < -0.3 is 10.4 Å². The number of hydrogen-bond acceptors (Lipinski definition) is 4. The van der Waals surface area contributed by atoms with Gasteiger partial charge in [-0.2, -0.15) is 5.10 Å². The smallest absolute Gasteiger partial charge is 0.335 e. The molecule has 3 aromatic rings. The lowest BCUT2D eigenvalue weighted by Gasteiger charge is -2.06. The number of carboxylic acids is 1. The van der Waals surface area contributed by atoms with Crippen LogP contribution in [-0.2, 0) is 0 Å². The maximum absolute atomic E-state index is 10.9. The molecule has 0 unspecified atom stereocenters. The number of hydrogen-bond donors (Lipinski definition) is 2. The third kappa shape index (κ3) is 2.23. The van der Waals surface area contributed by atoms with Crippen LogP contribution in [0.25, 0.3) is 5.65 Å². The fraction of sp³-hybridized carbons (Fsp3) is 0. The summed E-state index contributed by atoms with van der Waals surface area (Å²) in [5, 5.41) is 16.1. The van der Waals surface area contributed by atoms with Gasteiger partial charge in [-0.05, 0) is 24.3 Å². The maximum Gasteiger partial charge on any atom is 0.335 e. The Morgan fingerprint density at radius 1 is 1.26 bits per heavy atom. The van der Waals surface area contributed by atoms with Gasteiger partial charge in [-0.3, -0.25) is 0 Å². The number of benzene rings is 1. The molecular weight excluding hydrogens is 244 g/mol. The van der Waals surface area contributed by atoms with E-state index in [4.69, 9.17) is 5.11 Å². The van der Waals surface area contributed by atoms with Crippen molar-refractivity contribution in [2.75, 3.05) is 5.32 Å². The average molecular weight is 254 g/mol. The van der Waals surface area contributed by atoms with Crippen LogP contribution in [0.15, 0.2) is 48.8 Å². The molecule has 0 aliphatic rings. The van der Waals surface area contributed by atoms with E-state index in [9.17, 15) is 4.79 Å². The molecule has 2 heterocycles. The normalized spacial score (nSPS) is 10.5. The number of carboxylic acid groups (broad SMARTS) is 1. The summed E-state index contributed by atoms with van der Waals surface area (Å²) in [6.07, 6.45) is 3.45. The Labute approximate surface area is 108 Å². The zero-order valence-corrected chi connectivity index (χ0v) is 9.82. The van der Waals surface area contributed by atoms with Crippen molar-refractivity contribution in [3.05, 3.63) is 54.4 Å². The molecule has 0 amide bonds. The van der Waals surface area contributed by atoms with Crippen molar-refractivity contribution < 1.29 is 9.90 Å². The predicted molar refractivity (Wildman–Crippen MR) is 69.7 cm³/mol. The molecule has 0 atom stereocenters. The highest BCUT2D eigenvalue weighted by atomic mass is 16.4. The minimum Gasteiger partial charge on any atom is -0.478 e. The van der Waals surface area contributed by atoms with Crippen LogP contribution in [-0.4, -0.2) is 25.7 Å². The van der Waals surface area contributed by atoms with Crippen LogP contribution in [0.2, 0.25) is 0 Å². The summed E-state index contributed by atoms with van der Waals surface area (Å²) >= 11 is 0. The van der Waals surface area contributed by atoms with Crippen LogP contribution in [0.4, 0.5) is 11.5 Å². The van der Waals surface area contributed by atoms with E-state index >= 15 is 0 Å². The van der Waals surface area contributed by atoms with E-state index in [1.54, 1.807) is 53.3 Å². The molecule has 0 fully saturated rings. The van der Waals surface area contributed by atoms with Gasteiger partial charge in [-0.1, -0.05) is 6.07 Å². The molecule has 0 aliphatic carbocycles. The Hall–Kier alpha value is -2.89. The molecule has 0 saturated heterocycles. The lowest BCUT2D eigenvalue weighted by atomic mass is 10.2. The standard InChI is InChI=1S/C13H10N4O2/c18-13(19)9-2-1-3-10(8-9)15-11-5-7-17-12(16-11)4-6-14-17/h1-8H,(H,15,16)(H,18,19). The highest BCUT2D eigenvalue weighted by molar-refractivity contribution is 5.89. The van der Waals surface area contributed by atoms with Crippen molar-refractivity contribution >= 4 is 23.1 Å². The van der Waals surface area contributed by atoms with Gasteiger partial charge >= 0.3 is 5.97 Å². The van der Waals surface area contributed by atoms with Gasteiger partial charge in [0.1, 0.15) is 5.82 Å². The topological polar surface area (TPSA) is 79.5 Å². The molecule has 2 aromatic heterocycles. The number of fused-ring (bicyclic) bond motifs is 1. The zero-order chi connectivity index (χ0) is 13.2. The average Bonchev–Trinajstić information content (AvgIpc) is 2.86. The van der Waals surface area contributed by atoms with Crippen molar-refractivity contribution in [2.24, 2.45) is 0 Å². The summed E-state index contributed by atoms with van der Waals surface area (Å²) in [6, 6.07) is 10.1. The Morgan fingerprint density at radius 3 is 3.00 bits per heavy atom. The molecule has 0 bridgehead atoms. The number of aromatic nitrogens is 3. The molecule has 6 heteroatoms. The first kappa shape index (κ1) is 11.2. The molecule has 6 nitrogen and oxygen atoms in total. The van der Waals surface area contributed by atoms with Crippen molar-refractivity contribution in [1.82, 2.24) is 14.6 Å². The second-order valence-electron chi connectivity index (χ2n) is 3.96. The Bertz CT molecular complexity index is 751. The Morgan fingerprint density at radius 2 is 2.16 bits per heavy atom. The first-order valence-electron chi connectivity index (χ1n) is 5.63. The van der Waals surface area contributed by atoms with E-state index in [-0.39, 0.29) is 5.56 Å². The van der Waals surface area contributed by atoms with Gasteiger partial charge in [0.05, 0.1) is 11.8 Å². The highest BCUT2D eigenvalue weighted by Crippen LogP contribution is 2.16. The summed E-state index contributed by atoms with van der Waals surface area (Å²) in [4.78, 5) is 15.2. The molecule has 1 aromatic carbocycles. The van der Waals surface area contributed by atoms with Crippen LogP contribution in [0.5, 0.6) is 0 Å². The Kier molecular flexibility index (Phi) is 2.60. The van der Waals surface area contributed by atoms with Crippen LogP contribution in [0.3, 0.4) is 0 Å². The van der Waals surface area contributed by atoms with E-state index < -0.39 is 5.97 Å². The summed E-state index contributed by atoms with van der Waals surface area (Å²) in [5.41, 5.74) is 1.63. The lowest BCUT2D eigenvalue weighted by molar-refractivity contribution is 0.0697. The maximum atomic E-state index is 10.9. The summed E-state index contributed by atoms with van der Waals surface area (Å²) < 4.78 is 1.65. The fourth-order valence-electron chi connectivity index (χ4n) is 1.76. The summed E-state index contributed by atoms with van der Waals surface area (Å²) in [6.45, 7) is 0. The number of rotatable bonds is 3. The molecule has 2 N–H and O–H groups in total. The molecule has 3 rings (SSSR count). The molecule has 94 valence electrons. The third-order valence-electron chi connectivity index (χ3n) is 2.64. The number of aromatic carboxylic acids is 1. The summed E-state index contributed by atoms with van der Waals surface area (Å²) in [5.74, 6) is -0.321. The molecular formula is C13H10N4O2. The van der Waals surface area contributed by atoms with E-state index in [0.29, 0.717) is 11.5 Å². The van der Waals surface area contributed by atoms with Gasteiger partial charge in [0.2, 0.25) is 0 Å². The number of anilines is 2. The van der Waals surface area contributed by atoms with E-state index in [1.165, 1.54) is 0 Å². The molecule has 0 radical (unpaired) electrons. The first-order chi connectivity index (χ1) is 9.22. The van der Waals surface area contributed by atoms with Gasteiger partial charge in [-0.25, -0.2) is 14.3 Å². The van der Waals surface area contributed by atoms with Crippen LogP contribution < -0.4 is 5.32 Å².